The van der Waals surface area contributed by atoms with E-state index in [0.29, 0.717) is 48.6 Å². The van der Waals surface area contributed by atoms with Gasteiger partial charge in [-0.15, -0.1) is 0 Å². The number of fused-ring (bicyclic) bond motifs is 1. The van der Waals surface area contributed by atoms with Crippen molar-refractivity contribution in [3.63, 3.8) is 0 Å². The number of phenolic OH excluding ortho intramolecular Hbond substituents is 1. The Kier molecular flexibility index (Phi) is 5.90. The molecule has 2 saturated heterocycles. The summed E-state index contributed by atoms with van der Waals surface area (Å²) in [6.45, 7) is 2.38. The highest BCUT2D eigenvalue weighted by molar-refractivity contribution is 6.04. The smallest absolute Gasteiger partial charge is 0.252 e. The fourth-order valence-electron chi connectivity index (χ4n) is 4.45. The monoisotopic (exact) mass is 459 g/mol. The Labute approximate surface area is 196 Å². The Morgan fingerprint density at radius 3 is 2.68 bits per heavy atom. The molecule has 3 aromatic rings. The van der Waals surface area contributed by atoms with Crippen molar-refractivity contribution in [3.8, 4) is 11.8 Å². The van der Waals surface area contributed by atoms with Crippen LogP contribution in [0.25, 0.3) is 11.0 Å². The van der Waals surface area contributed by atoms with Crippen molar-refractivity contribution < 1.29 is 14.7 Å². The van der Waals surface area contributed by atoms with Gasteiger partial charge in [-0.3, -0.25) is 4.79 Å². The molecular weight excluding hydrogens is 434 g/mol. The molecule has 0 atom stereocenters. The van der Waals surface area contributed by atoms with Gasteiger partial charge in [0.1, 0.15) is 23.0 Å². The topological polar surface area (TPSA) is 113 Å². The molecule has 2 aromatic heterocycles. The number of hydrogen-bond acceptors (Lipinski definition) is 8. The van der Waals surface area contributed by atoms with Crippen LogP contribution in [0.2, 0.25) is 0 Å². The van der Waals surface area contributed by atoms with Crippen molar-refractivity contribution in [3.05, 3.63) is 64.1 Å². The van der Waals surface area contributed by atoms with Crippen molar-refractivity contribution in [2.24, 2.45) is 18.1 Å². The minimum Gasteiger partial charge on any atom is -0.507 e. The van der Waals surface area contributed by atoms with E-state index in [2.05, 4.69) is 21.1 Å². The number of aromatic hydroxyl groups is 1. The summed E-state index contributed by atoms with van der Waals surface area (Å²) in [7, 11) is 1.70. The van der Waals surface area contributed by atoms with Gasteiger partial charge in [-0.2, -0.15) is 5.26 Å². The number of hydrogen-bond donors (Lipinski definition) is 1. The van der Waals surface area contributed by atoms with Gasteiger partial charge in [-0.25, -0.2) is 4.98 Å². The zero-order valence-electron chi connectivity index (χ0n) is 18.8. The van der Waals surface area contributed by atoms with E-state index >= 15 is 0 Å². The summed E-state index contributed by atoms with van der Waals surface area (Å²) in [6.07, 6.45) is 1.45. The number of aromatic nitrogens is 2. The summed E-state index contributed by atoms with van der Waals surface area (Å²) in [5.74, 6) is 0.244. The third-order valence-corrected chi connectivity index (χ3v) is 6.49. The number of piperidine rings is 1. The minimum absolute atomic E-state index is 0.0618. The van der Waals surface area contributed by atoms with Crippen LogP contribution >= 0.6 is 0 Å². The van der Waals surface area contributed by atoms with E-state index < -0.39 is 0 Å². The SMILES string of the molecule is Cn1c(=O)cc(N2CCC(/C(=N/OC3COC3)c3ccccc3O)CC2)c2nc(C#N)ccc21. The number of para-hydroxylation sites is 1. The Balaban J connectivity index is 1.43. The molecule has 5 rings (SSSR count). The lowest BCUT2D eigenvalue weighted by molar-refractivity contribution is -0.129. The molecule has 2 aliphatic rings. The maximum atomic E-state index is 12.6. The zero-order chi connectivity index (χ0) is 23.7. The first-order valence-electron chi connectivity index (χ1n) is 11.3. The van der Waals surface area contributed by atoms with Crippen LogP contribution in [0.1, 0.15) is 24.1 Å². The van der Waals surface area contributed by atoms with Crippen LogP contribution in [-0.4, -0.2) is 52.8 Å². The van der Waals surface area contributed by atoms with Crippen LogP contribution in [0.4, 0.5) is 5.69 Å². The third-order valence-electron chi connectivity index (χ3n) is 6.49. The van der Waals surface area contributed by atoms with Gasteiger partial charge in [0.25, 0.3) is 5.56 Å². The number of benzene rings is 1. The molecule has 0 amide bonds. The highest BCUT2D eigenvalue weighted by atomic mass is 16.7. The standard InChI is InChI=1S/C25H25N5O4/c1-29-20-7-6-17(13-26)27-25(20)21(12-23(29)32)30-10-8-16(9-11-30)24(28-34-18-14-33-15-18)19-4-2-3-5-22(19)31/h2-7,12,16,18,31H,8-11,14-15H2,1H3/b28-24-. The van der Waals surface area contributed by atoms with E-state index in [1.807, 2.05) is 12.1 Å². The maximum absolute atomic E-state index is 12.6. The molecule has 0 unspecified atom stereocenters. The second-order valence-corrected chi connectivity index (χ2v) is 8.62. The van der Waals surface area contributed by atoms with E-state index in [-0.39, 0.29) is 23.3 Å². The summed E-state index contributed by atoms with van der Waals surface area (Å²) < 4.78 is 6.72. The predicted octanol–water partition coefficient (Wildman–Crippen LogP) is 2.55. The van der Waals surface area contributed by atoms with Crippen LogP contribution in [0.5, 0.6) is 5.75 Å². The van der Waals surface area contributed by atoms with E-state index in [4.69, 9.17) is 9.57 Å². The molecule has 4 heterocycles. The summed E-state index contributed by atoms with van der Waals surface area (Å²) in [5.41, 5.74) is 3.65. The molecular formula is C25H25N5O4. The van der Waals surface area contributed by atoms with E-state index in [1.165, 1.54) is 0 Å². The first kappa shape index (κ1) is 21.9. The lowest BCUT2D eigenvalue weighted by atomic mass is 9.87. The van der Waals surface area contributed by atoms with Crippen LogP contribution in [0.3, 0.4) is 0 Å². The first-order chi connectivity index (χ1) is 16.5. The number of anilines is 1. The number of nitriles is 1. The average molecular weight is 460 g/mol. The van der Waals surface area contributed by atoms with Crippen molar-refractivity contribution in [1.82, 2.24) is 9.55 Å². The molecule has 2 aliphatic heterocycles. The minimum atomic E-state index is -0.122. The van der Waals surface area contributed by atoms with Crippen molar-refractivity contribution in [1.29, 1.82) is 5.26 Å². The highest BCUT2D eigenvalue weighted by Gasteiger charge is 2.29. The van der Waals surface area contributed by atoms with E-state index in [9.17, 15) is 15.2 Å². The average Bonchev–Trinajstić information content (AvgIpc) is 2.83. The molecule has 0 radical (unpaired) electrons. The molecule has 9 nitrogen and oxygen atoms in total. The summed E-state index contributed by atoms with van der Waals surface area (Å²) in [5, 5.41) is 24.2. The summed E-state index contributed by atoms with van der Waals surface area (Å²) in [6, 6.07) is 14.2. The molecule has 34 heavy (non-hydrogen) atoms. The summed E-state index contributed by atoms with van der Waals surface area (Å²) >= 11 is 0. The summed E-state index contributed by atoms with van der Waals surface area (Å²) in [4.78, 5) is 24.9. The molecule has 1 N–H and O–H groups in total. The Hall–Kier alpha value is -3.90. The van der Waals surface area contributed by atoms with E-state index in [1.54, 1.807) is 41.9 Å². The molecule has 0 spiro atoms. The Bertz CT molecular complexity index is 1350. The Morgan fingerprint density at radius 2 is 2.00 bits per heavy atom. The molecule has 1 aromatic carbocycles. The molecule has 174 valence electrons. The van der Waals surface area contributed by atoms with Gasteiger partial charge in [0, 0.05) is 37.7 Å². The van der Waals surface area contributed by atoms with E-state index in [0.717, 1.165) is 24.2 Å². The molecule has 9 heteroatoms. The maximum Gasteiger partial charge on any atom is 0.252 e. The van der Waals surface area contributed by atoms with Gasteiger partial charge >= 0.3 is 0 Å². The number of ether oxygens (including phenoxy) is 1. The number of oxime groups is 1. The fourth-order valence-corrected chi connectivity index (χ4v) is 4.45. The number of pyridine rings is 2. The number of phenols is 1. The second-order valence-electron chi connectivity index (χ2n) is 8.62. The van der Waals surface area contributed by atoms with Gasteiger partial charge in [-0.1, -0.05) is 17.3 Å². The number of aryl methyl sites for hydroxylation is 1. The van der Waals surface area contributed by atoms with Gasteiger partial charge < -0.3 is 24.1 Å². The highest BCUT2D eigenvalue weighted by Crippen LogP contribution is 2.31. The Morgan fingerprint density at radius 1 is 1.24 bits per heavy atom. The molecule has 0 saturated carbocycles. The fraction of sp³-hybridized carbons (Fsp3) is 0.360. The van der Waals surface area contributed by atoms with Crippen LogP contribution in [0.15, 0.2) is 52.4 Å². The van der Waals surface area contributed by atoms with Gasteiger partial charge in [0.05, 0.1) is 30.1 Å². The van der Waals surface area contributed by atoms with Crippen molar-refractivity contribution in [2.75, 3.05) is 31.2 Å². The quantitative estimate of drug-likeness (QED) is 0.461. The van der Waals surface area contributed by atoms with Crippen LogP contribution < -0.4 is 10.5 Å². The number of rotatable bonds is 5. The van der Waals surface area contributed by atoms with Gasteiger partial charge in [0.15, 0.2) is 6.10 Å². The first-order valence-corrected chi connectivity index (χ1v) is 11.3. The van der Waals surface area contributed by atoms with Gasteiger partial charge in [0.2, 0.25) is 0 Å². The molecule has 2 fully saturated rings. The zero-order valence-corrected chi connectivity index (χ0v) is 18.8. The largest absolute Gasteiger partial charge is 0.507 e. The predicted molar refractivity (Wildman–Crippen MR) is 127 cm³/mol. The van der Waals surface area contributed by atoms with Gasteiger partial charge in [-0.05, 0) is 37.1 Å². The molecule has 0 aliphatic carbocycles. The van der Waals surface area contributed by atoms with Crippen LogP contribution in [0, 0.1) is 17.2 Å². The lowest BCUT2D eigenvalue weighted by Crippen LogP contribution is -2.38. The normalized spacial score (nSPS) is 17.4. The van der Waals surface area contributed by atoms with Crippen LogP contribution in [-0.2, 0) is 16.6 Å². The lowest BCUT2D eigenvalue weighted by Gasteiger charge is -2.34. The third kappa shape index (κ3) is 4.08. The van der Waals surface area contributed by atoms with Crippen molar-refractivity contribution >= 4 is 22.4 Å². The molecule has 0 bridgehead atoms. The number of nitrogens with zero attached hydrogens (tertiary/aromatic N) is 5. The van der Waals surface area contributed by atoms with Crippen molar-refractivity contribution in [2.45, 2.75) is 18.9 Å². The second kappa shape index (κ2) is 9.15.